The number of hydrogen-bond acceptors (Lipinski definition) is 4. The lowest BCUT2D eigenvalue weighted by Gasteiger charge is -2.24. The molecule has 0 amide bonds. The number of phenolic OH excluding ortho intramolecular Hbond substituents is 2. The van der Waals surface area contributed by atoms with Gasteiger partial charge in [-0.2, -0.15) is 0 Å². The third-order valence-corrected chi connectivity index (χ3v) is 4.80. The molecule has 0 radical (unpaired) electrons. The Morgan fingerprint density at radius 3 is 2.16 bits per heavy atom. The van der Waals surface area contributed by atoms with Crippen LogP contribution in [0.4, 0.5) is 0 Å². The van der Waals surface area contributed by atoms with Crippen LogP contribution in [0.2, 0.25) is 0 Å². The van der Waals surface area contributed by atoms with E-state index in [1.807, 2.05) is 30.3 Å². The molecule has 0 aromatic heterocycles. The Balaban J connectivity index is 1.98. The van der Waals surface area contributed by atoms with Crippen LogP contribution in [0.5, 0.6) is 11.5 Å². The van der Waals surface area contributed by atoms with Gasteiger partial charge in [0.25, 0.3) is 0 Å². The standard InChI is InChI=1S/C21H28O4/c1-14-15(2)20(23)18(16(3)19(14)22)10-11-21(4,24)13-25-12-17-8-6-5-7-9-17/h5-9,22-24H,10-13H2,1-4H3/t21-/m0/s1. The number of benzene rings is 2. The second kappa shape index (κ2) is 7.89. The number of hydrogen-bond donors (Lipinski definition) is 3. The van der Waals surface area contributed by atoms with Gasteiger partial charge in [-0.3, -0.25) is 0 Å². The van der Waals surface area contributed by atoms with E-state index in [0.717, 1.165) is 5.56 Å². The second-order valence-electron chi connectivity index (χ2n) is 7.03. The van der Waals surface area contributed by atoms with Crippen molar-refractivity contribution in [2.24, 2.45) is 0 Å². The third-order valence-electron chi connectivity index (χ3n) is 4.80. The highest BCUT2D eigenvalue weighted by molar-refractivity contribution is 5.56. The van der Waals surface area contributed by atoms with Crippen molar-refractivity contribution in [2.45, 2.75) is 52.7 Å². The van der Waals surface area contributed by atoms with Crippen LogP contribution in [0.1, 0.15) is 41.2 Å². The average molecular weight is 344 g/mol. The molecule has 2 aromatic rings. The second-order valence-corrected chi connectivity index (χ2v) is 7.03. The summed E-state index contributed by atoms with van der Waals surface area (Å²) in [5, 5.41) is 31.1. The molecule has 4 nitrogen and oxygen atoms in total. The molecule has 2 rings (SSSR count). The molecule has 2 aromatic carbocycles. The molecule has 0 unspecified atom stereocenters. The molecule has 0 aliphatic rings. The molecule has 0 heterocycles. The summed E-state index contributed by atoms with van der Waals surface area (Å²) in [6.07, 6.45) is 0.895. The molecule has 0 aliphatic heterocycles. The first-order valence-corrected chi connectivity index (χ1v) is 8.57. The van der Waals surface area contributed by atoms with Gasteiger partial charge in [0.15, 0.2) is 0 Å². The minimum atomic E-state index is -1.01. The maximum Gasteiger partial charge on any atom is 0.122 e. The van der Waals surface area contributed by atoms with E-state index in [4.69, 9.17) is 4.74 Å². The van der Waals surface area contributed by atoms with Gasteiger partial charge < -0.3 is 20.1 Å². The van der Waals surface area contributed by atoms with Gasteiger partial charge in [0.2, 0.25) is 0 Å². The maximum atomic E-state index is 10.6. The van der Waals surface area contributed by atoms with Crippen molar-refractivity contribution in [3.8, 4) is 11.5 Å². The summed E-state index contributed by atoms with van der Waals surface area (Å²) in [5.41, 5.74) is 2.77. The van der Waals surface area contributed by atoms with Crippen LogP contribution in [-0.2, 0) is 17.8 Å². The van der Waals surface area contributed by atoms with E-state index in [-0.39, 0.29) is 18.1 Å². The molecular weight excluding hydrogens is 316 g/mol. The van der Waals surface area contributed by atoms with Crippen molar-refractivity contribution in [1.82, 2.24) is 0 Å². The Bertz CT molecular complexity index is 691. The van der Waals surface area contributed by atoms with E-state index in [0.29, 0.717) is 41.7 Å². The SMILES string of the molecule is Cc1c(C)c(O)c(CC[C@](C)(O)COCc2ccccc2)c(C)c1O. The Morgan fingerprint density at radius 2 is 1.52 bits per heavy atom. The quantitative estimate of drug-likeness (QED) is 0.666. The zero-order chi connectivity index (χ0) is 18.6. The van der Waals surface area contributed by atoms with Crippen LogP contribution in [0, 0.1) is 20.8 Å². The molecule has 0 saturated carbocycles. The Hall–Kier alpha value is -2.04. The summed E-state index contributed by atoms with van der Waals surface area (Å²) in [4.78, 5) is 0. The molecule has 0 bridgehead atoms. The largest absolute Gasteiger partial charge is 0.507 e. The number of aromatic hydroxyl groups is 2. The van der Waals surface area contributed by atoms with E-state index in [9.17, 15) is 15.3 Å². The van der Waals surface area contributed by atoms with Crippen molar-refractivity contribution in [2.75, 3.05) is 6.61 Å². The number of phenols is 2. The predicted molar refractivity (Wildman–Crippen MR) is 99.0 cm³/mol. The molecule has 0 aliphatic carbocycles. The van der Waals surface area contributed by atoms with Gasteiger partial charge >= 0.3 is 0 Å². The highest BCUT2D eigenvalue weighted by Gasteiger charge is 2.23. The van der Waals surface area contributed by atoms with Crippen LogP contribution in [0.3, 0.4) is 0 Å². The fraction of sp³-hybridized carbons (Fsp3) is 0.429. The summed E-state index contributed by atoms with van der Waals surface area (Å²) in [5.74, 6) is 0.416. The van der Waals surface area contributed by atoms with Crippen molar-refractivity contribution in [3.63, 3.8) is 0 Å². The number of rotatable bonds is 7. The van der Waals surface area contributed by atoms with Gasteiger partial charge in [0.1, 0.15) is 11.5 Å². The van der Waals surface area contributed by atoms with Gasteiger partial charge in [0, 0.05) is 5.56 Å². The first-order chi connectivity index (χ1) is 11.7. The Labute approximate surface area is 149 Å². The summed E-state index contributed by atoms with van der Waals surface area (Å²) in [7, 11) is 0. The summed E-state index contributed by atoms with van der Waals surface area (Å²) in [6, 6.07) is 9.82. The third kappa shape index (κ3) is 4.74. The van der Waals surface area contributed by atoms with Crippen molar-refractivity contribution in [3.05, 3.63) is 58.1 Å². The van der Waals surface area contributed by atoms with Gasteiger partial charge in [-0.1, -0.05) is 30.3 Å². The molecule has 0 fully saturated rings. The number of ether oxygens (including phenoxy) is 1. The molecule has 3 N–H and O–H groups in total. The van der Waals surface area contributed by atoms with E-state index in [2.05, 4.69) is 0 Å². The zero-order valence-electron chi connectivity index (χ0n) is 15.5. The fourth-order valence-corrected chi connectivity index (χ4v) is 2.92. The molecule has 0 saturated heterocycles. The van der Waals surface area contributed by atoms with E-state index >= 15 is 0 Å². The van der Waals surface area contributed by atoms with Crippen LogP contribution < -0.4 is 0 Å². The maximum absolute atomic E-state index is 10.6. The van der Waals surface area contributed by atoms with E-state index < -0.39 is 5.60 Å². The van der Waals surface area contributed by atoms with E-state index in [1.54, 1.807) is 27.7 Å². The zero-order valence-corrected chi connectivity index (χ0v) is 15.5. The molecule has 25 heavy (non-hydrogen) atoms. The van der Waals surface area contributed by atoms with Gasteiger partial charge in [-0.05, 0) is 62.8 Å². The monoisotopic (exact) mass is 344 g/mol. The van der Waals surface area contributed by atoms with Crippen molar-refractivity contribution >= 4 is 0 Å². The summed E-state index contributed by atoms with van der Waals surface area (Å²) < 4.78 is 5.64. The van der Waals surface area contributed by atoms with Crippen molar-refractivity contribution in [1.29, 1.82) is 0 Å². The molecule has 136 valence electrons. The lowest BCUT2D eigenvalue weighted by Crippen LogP contribution is -2.31. The normalized spacial score (nSPS) is 13.6. The van der Waals surface area contributed by atoms with Crippen LogP contribution in [0.15, 0.2) is 30.3 Å². The first kappa shape index (κ1) is 19.3. The smallest absolute Gasteiger partial charge is 0.122 e. The van der Waals surface area contributed by atoms with Gasteiger partial charge in [-0.15, -0.1) is 0 Å². The lowest BCUT2D eigenvalue weighted by atomic mass is 9.91. The van der Waals surface area contributed by atoms with E-state index in [1.165, 1.54) is 0 Å². The summed E-state index contributed by atoms with van der Waals surface area (Å²) >= 11 is 0. The molecular formula is C21H28O4. The average Bonchev–Trinajstić information content (AvgIpc) is 2.59. The van der Waals surface area contributed by atoms with Gasteiger partial charge in [0.05, 0.1) is 18.8 Å². The Kier molecular flexibility index (Phi) is 6.09. The minimum absolute atomic E-state index is 0.203. The lowest BCUT2D eigenvalue weighted by molar-refractivity contribution is -0.0441. The molecule has 4 heteroatoms. The first-order valence-electron chi connectivity index (χ1n) is 8.57. The topological polar surface area (TPSA) is 69.9 Å². The molecule has 1 atom stereocenters. The predicted octanol–water partition coefficient (Wildman–Crippen LogP) is 3.92. The van der Waals surface area contributed by atoms with Crippen molar-refractivity contribution < 1.29 is 20.1 Å². The van der Waals surface area contributed by atoms with Crippen LogP contribution in [0.25, 0.3) is 0 Å². The molecule has 0 spiro atoms. The van der Waals surface area contributed by atoms with Gasteiger partial charge in [-0.25, -0.2) is 0 Å². The fourth-order valence-electron chi connectivity index (χ4n) is 2.92. The van der Waals surface area contributed by atoms with Crippen LogP contribution >= 0.6 is 0 Å². The summed E-state index contributed by atoms with van der Waals surface area (Å²) in [6.45, 7) is 7.75. The minimum Gasteiger partial charge on any atom is -0.507 e. The highest BCUT2D eigenvalue weighted by atomic mass is 16.5. The number of aliphatic hydroxyl groups is 1. The van der Waals surface area contributed by atoms with Crippen LogP contribution in [-0.4, -0.2) is 27.5 Å². The highest BCUT2D eigenvalue weighted by Crippen LogP contribution is 2.37. The Morgan fingerprint density at radius 1 is 0.920 bits per heavy atom.